The van der Waals surface area contributed by atoms with Gasteiger partial charge in [-0.05, 0) is 25.8 Å². The molecule has 126 valence electrons. The van der Waals surface area contributed by atoms with Gasteiger partial charge < -0.3 is 23.7 Å². The maximum atomic E-state index is 8.55. The molecule has 8 nitrogen and oxygen atoms in total. The van der Waals surface area contributed by atoms with Crippen molar-refractivity contribution in [3.05, 3.63) is 10.4 Å². The maximum Gasteiger partial charge on any atom is 0.186 e. The zero-order chi connectivity index (χ0) is 16.2. The van der Waals surface area contributed by atoms with Gasteiger partial charge in [0.05, 0.1) is 12.6 Å². The Morgan fingerprint density at radius 1 is 1.27 bits per heavy atom. The molecule has 2 heterocycles. The molecule has 0 amide bonds. The second-order valence-corrected chi connectivity index (χ2v) is 5.95. The molecule has 2 aliphatic heterocycles. The predicted molar refractivity (Wildman–Crippen MR) is 78.2 cm³/mol. The van der Waals surface area contributed by atoms with E-state index in [1.807, 2.05) is 13.8 Å². The molecule has 0 aromatic rings. The Kier molecular flexibility index (Phi) is 6.02. The maximum absolute atomic E-state index is 8.55. The number of nitrogens with zero attached hydrogens (tertiary/aromatic N) is 3. The first kappa shape index (κ1) is 17.5. The number of unbranched alkanes of at least 4 members (excludes halogenated alkanes) is 1. The van der Waals surface area contributed by atoms with Crippen LogP contribution in [0.15, 0.2) is 5.11 Å². The van der Waals surface area contributed by atoms with E-state index in [1.165, 1.54) is 0 Å². The average Bonchev–Trinajstić information content (AvgIpc) is 2.80. The van der Waals surface area contributed by atoms with E-state index in [2.05, 4.69) is 16.9 Å². The van der Waals surface area contributed by atoms with Gasteiger partial charge in [0.1, 0.15) is 18.3 Å². The second-order valence-electron chi connectivity index (χ2n) is 5.95. The fourth-order valence-corrected chi connectivity index (χ4v) is 2.83. The lowest BCUT2D eigenvalue weighted by atomic mass is 9.99. The van der Waals surface area contributed by atoms with Crippen LogP contribution in [0.5, 0.6) is 0 Å². The van der Waals surface area contributed by atoms with E-state index >= 15 is 0 Å². The van der Waals surface area contributed by atoms with Crippen molar-refractivity contribution < 1.29 is 23.7 Å². The molecule has 0 aromatic heterocycles. The van der Waals surface area contributed by atoms with Gasteiger partial charge in [-0.3, -0.25) is 0 Å². The molecule has 0 bridgehead atoms. The molecule has 0 aliphatic carbocycles. The van der Waals surface area contributed by atoms with Crippen LogP contribution in [0.25, 0.3) is 10.4 Å². The van der Waals surface area contributed by atoms with Crippen LogP contribution in [0, 0.1) is 0 Å². The average molecular weight is 315 g/mol. The molecule has 0 N–H and O–H groups in total. The number of fused-ring (bicyclic) bond motifs is 1. The first-order valence-corrected chi connectivity index (χ1v) is 7.68. The van der Waals surface area contributed by atoms with Gasteiger partial charge in [-0.25, -0.2) is 0 Å². The third kappa shape index (κ3) is 3.90. The van der Waals surface area contributed by atoms with Gasteiger partial charge in [0.2, 0.25) is 0 Å². The molecule has 0 aromatic carbocycles. The van der Waals surface area contributed by atoms with Gasteiger partial charge in [0, 0.05) is 18.6 Å². The number of rotatable bonds is 7. The van der Waals surface area contributed by atoms with Gasteiger partial charge >= 0.3 is 0 Å². The lowest BCUT2D eigenvalue weighted by Crippen LogP contribution is -2.58. The number of ether oxygens (including phenoxy) is 5. The standard InChI is InChI=1S/C14H25N3O5/c1-5-6-7-19-13-12(18-4)11-10(21-14(2,3)22-11)9(20-13)8-16-17-15/h9-13H,5-8H2,1-4H3. The van der Waals surface area contributed by atoms with E-state index in [4.69, 9.17) is 29.2 Å². The third-order valence-corrected chi connectivity index (χ3v) is 3.81. The Hall–Kier alpha value is -0.890. The van der Waals surface area contributed by atoms with Crippen LogP contribution >= 0.6 is 0 Å². The fourth-order valence-electron chi connectivity index (χ4n) is 2.83. The summed E-state index contributed by atoms with van der Waals surface area (Å²) in [6.07, 6.45) is -0.0592. The van der Waals surface area contributed by atoms with Crippen LogP contribution < -0.4 is 0 Å². The van der Waals surface area contributed by atoms with Crippen LogP contribution in [0.4, 0.5) is 0 Å². The summed E-state index contributed by atoms with van der Waals surface area (Å²) in [5.74, 6) is -0.734. The SMILES string of the molecule is CCCCOC1OC(CN=[N+]=[N-])C2OC(C)(C)OC2C1OC. The van der Waals surface area contributed by atoms with Crippen molar-refractivity contribution in [1.82, 2.24) is 0 Å². The molecule has 0 radical (unpaired) electrons. The molecule has 8 heteroatoms. The monoisotopic (exact) mass is 315 g/mol. The summed E-state index contributed by atoms with van der Waals surface area (Å²) in [5, 5.41) is 3.61. The van der Waals surface area contributed by atoms with Crippen molar-refractivity contribution in [2.75, 3.05) is 20.3 Å². The topological polar surface area (TPSA) is 94.9 Å². The summed E-state index contributed by atoms with van der Waals surface area (Å²) >= 11 is 0. The smallest absolute Gasteiger partial charge is 0.186 e. The summed E-state index contributed by atoms with van der Waals surface area (Å²) in [4.78, 5) is 2.80. The first-order valence-electron chi connectivity index (χ1n) is 7.68. The van der Waals surface area contributed by atoms with Crippen LogP contribution in [0.3, 0.4) is 0 Å². The molecule has 5 atom stereocenters. The van der Waals surface area contributed by atoms with Crippen molar-refractivity contribution >= 4 is 0 Å². The Morgan fingerprint density at radius 2 is 2.00 bits per heavy atom. The minimum Gasteiger partial charge on any atom is -0.373 e. The fraction of sp³-hybridized carbons (Fsp3) is 1.00. The van der Waals surface area contributed by atoms with E-state index in [9.17, 15) is 0 Å². The number of hydrogen-bond donors (Lipinski definition) is 0. The summed E-state index contributed by atoms with van der Waals surface area (Å²) in [6, 6.07) is 0. The van der Waals surface area contributed by atoms with E-state index in [-0.39, 0.29) is 24.9 Å². The van der Waals surface area contributed by atoms with Crippen LogP contribution in [0.2, 0.25) is 0 Å². The summed E-state index contributed by atoms with van der Waals surface area (Å²) in [6.45, 7) is 6.53. The highest BCUT2D eigenvalue weighted by atomic mass is 16.8. The highest BCUT2D eigenvalue weighted by Crippen LogP contribution is 2.38. The number of hydrogen-bond acceptors (Lipinski definition) is 6. The van der Waals surface area contributed by atoms with E-state index < -0.39 is 18.2 Å². The lowest BCUT2D eigenvalue weighted by Gasteiger charge is -2.41. The highest BCUT2D eigenvalue weighted by molar-refractivity contribution is 4.98. The second kappa shape index (κ2) is 7.59. The van der Waals surface area contributed by atoms with Gasteiger partial charge in [0.25, 0.3) is 0 Å². The molecule has 22 heavy (non-hydrogen) atoms. The van der Waals surface area contributed by atoms with Crippen molar-refractivity contribution in [1.29, 1.82) is 0 Å². The molecule has 2 aliphatic rings. The van der Waals surface area contributed by atoms with E-state index in [0.29, 0.717) is 6.61 Å². The molecule has 5 unspecified atom stereocenters. The highest BCUT2D eigenvalue weighted by Gasteiger charge is 2.55. The van der Waals surface area contributed by atoms with E-state index in [0.717, 1.165) is 12.8 Å². The summed E-state index contributed by atoms with van der Waals surface area (Å²) in [7, 11) is 1.60. The Balaban J connectivity index is 2.13. The zero-order valence-electron chi connectivity index (χ0n) is 13.6. The van der Waals surface area contributed by atoms with Crippen molar-refractivity contribution in [3.8, 4) is 0 Å². The van der Waals surface area contributed by atoms with Gasteiger partial charge in [0.15, 0.2) is 12.1 Å². The third-order valence-electron chi connectivity index (χ3n) is 3.81. The molecule has 2 saturated heterocycles. The molecule has 2 rings (SSSR count). The zero-order valence-corrected chi connectivity index (χ0v) is 13.6. The minimum absolute atomic E-state index is 0.168. The molecule has 0 saturated carbocycles. The van der Waals surface area contributed by atoms with E-state index in [1.54, 1.807) is 7.11 Å². The number of methoxy groups -OCH3 is 1. The molecule has 2 fully saturated rings. The Morgan fingerprint density at radius 3 is 2.64 bits per heavy atom. The van der Waals surface area contributed by atoms with Crippen LogP contribution in [-0.4, -0.2) is 56.8 Å². The Bertz CT molecular complexity index is 413. The van der Waals surface area contributed by atoms with Crippen molar-refractivity contribution in [2.24, 2.45) is 5.11 Å². The van der Waals surface area contributed by atoms with Crippen LogP contribution in [0.1, 0.15) is 33.6 Å². The molecule has 0 spiro atoms. The molecular weight excluding hydrogens is 290 g/mol. The van der Waals surface area contributed by atoms with Gasteiger partial charge in [-0.15, -0.1) is 0 Å². The lowest BCUT2D eigenvalue weighted by molar-refractivity contribution is -0.280. The predicted octanol–water partition coefficient (Wildman–Crippen LogP) is 2.37. The largest absolute Gasteiger partial charge is 0.373 e. The molecular formula is C14H25N3O5. The summed E-state index contributed by atoms with van der Waals surface area (Å²) in [5.41, 5.74) is 8.55. The van der Waals surface area contributed by atoms with Gasteiger partial charge in [-0.2, -0.15) is 0 Å². The van der Waals surface area contributed by atoms with Gasteiger partial charge in [-0.1, -0.05) is 18.5 Å². The first-order chi connectivity index (χ1) is 10.5. The van der Waals surface area contributed by atoms with Crippen LogP contribution in [-0.2, 0) is 23.7 Å². The van der Waals surface area contributed by atoms with Crippen molar-refractivity contribution in [2.45, 2.75) is 70.1 Å². The van der Waals surface area contributed by atoms with Crippen molar-refractivity contribution in [3.63, 3.8) is 0 Å². The minimum atomic E-state index is -0.734. The normalized spacial score (nSPS) is 36.6. The summed E-state index contributed by atoms with van der Waals surface area (Å²) < 4.78 is 29.1. The quantitative estimate of drug-likeness (QED) is 0.311. The Labute approximate surface area is 130 Å². The number of azide groups is 1.